The number of anilines is 3. The zero-order valence-corrected chi connectivity index (χ0v) is 28.9. The molecular formula is C49H33NO2. The number of hydrogen-bond donors (Lipinski definition) is 0. The lowest BCUT2D eigenvalue weighted by atomic mass is 9.80. The van der Waals surface area contributed by atoms with Gasteiger partial charge in [-0.15, -0.1) is 0 Å². The van der Waals surface area contributed by atoms with Gasteiger partial charge in [-0.05, 0) is 98.8 Å². The highest BCUT2D eigenvalue weighted by molar-refractivity contribution is 6.12. The molecule has 8 aromatic carbocycles. The van der Waals surface area contributed by atoms with Crippen LogP contribution in [0, 0.1) is 0 Å². The van der Waals surface area contributed by atoms with Crippen LogP contribution in [-0.4, -0.2) is 0 Å². The van der Waals surface area contributed by atoms with E-state index in [9.17, 15) is 0 Å². The molecule has 0 bridgehead atoms. The maximum absolute atomic E-state index is 6.65. The van der Waals surface area contributed by atoms with Gasteiger partial charge in [-0.25, -0.2) is 0 Å². The Morgan fingerprint density at radius 3 is 1.98 bits per heavy atom. The van der Waals surface area contributed by atoms with Gasteiger partial charge >= 0.3 is 0 Å². The first-order chi connectivity index (χ1) is 25.5. The fourth-order valence-electron chi connectivity index (χ4n) is 8.76. The monoisotopic (exact) mass is 667 g/mol. The fraction of sp³-hybridized carbons (Fsp3) is 0.0612. The second kappa shape index (κ2) is 10.7. The summed E-state index contributed by atoms with van der Waals surface area (Å²) in [6.45, 7) is 4.71. The summed E-state index contributed by atoms with van der Waals surface area (Å²) in [6, 6.07) is 58.7. The first-order valence-corrected chi connectivity index (χ1v) is 17.9. The summed E-state index contributed by atoms with van der Waals surface area (Å²) in [4.78, 5) is 2.36. The van der Waals surface area contributed by atoms with Gasteiger partial charge in [-0.2, -0.15) is 0 Å². The minimum absolute atomic E-state index is 0.260. The molecule has 0 fully saturated rings. The predicted molar refractivity (Wildman–Crippen MR) is 216 cm³/mol. The maximum Gasteiger partial charge on any atom is 0.159 e. The van der Waals surface area contributed by atoms with Gasteiger partial charge in [0.2, 0.25) is 0 Å². The topological polar surface area (TPSA) is 29.5 Å². The van der Waals surface area contributed by atoms with Crippen LogP contribution in [0.3, 0.4) is 0 Å². The highest BCUT2D eigenvalue weighted by Crippen LogP contribution is 2.54. The first-order valence-electron chi connectivity index (χ1n) is 17.9. The molecule has 0 radical (unpaired) electrons. The first kappa shape index (κ1) is 29.2. The van der Waals surface area contributed by atoms with E-state index in [1.54, 1.807) is 0 Å². The lowest BCUT2D eigenvalue weighted by Gasteiger charge is -2.28. The van der Waals surface area contributed by atoms with Gasteiger partial charge in [0.05, 0.1) is 5.69 Å². The molecule has 0 unspecified atom stereocenters. The van der Waals surface area contributed by atoms with Gasteiger partial charge < -0.3 is 13.7 Å². The van der Waals surface area contributed by atoms with Crippen molar-refractivity contribution in [2.24, 2.45) is 0 Å². The Bertz CT molecular complexity index is 3050. The van der Waals surface area contributed by atoms with Crippen molar-refractivity contribution >= 4 is 71.7 Å². The van der Waals surface area contributed by atoms with E-state index >= 15 is 0 Å². The summed E-state index contributed by atoms with van der Waals surface area (Å²) in [7, 11) is 0. The number of nitrogens with zero attached hydrogens (tertiary/aromatic N) is 1. The summed E-state index contributed by atoms with van der Waals surface area (Å²) in [5.74, 6) is 0. The minimum Gasteiger partial charge on any atom is -0.456 e. The molecule has 0 aliphatic heterocycles. The third-order valence-corrected chi connectivity index (χ3v) is 11.2. The SMILES string of the molecule is CC1(C)c2cc(N(c3ccc(-c4ccc5ccccc5c4)cc3)c3cccc4c3oc3ccccc34)ccc2-c2ccc3oc4ccccc4c3c21. The van der Waals surface area contributed by atoms with Crippen molar-refractivity contribution in [3.63, 3.8) is 0 Å². The van der Waals surface area contributed by atoms with Crippen LogP contribution in [0.5, 0.6) is 0 Å². The third kappa shape index (κ3) is 4.14. The molecule has 2 aromatic heterocycles. The average molecular weight is 668 g/mol. The number of rotatable bonds is 4. The van der Waals surface area contributed by atoms with E-state index < -0.39 is 0 Å². The van der Waals surface area contributed by atoms with Crippen LogP contribution in [0.2, 0.25) is 0 Å². The smallest absolute Gasteiger partial charge is 0.159 e. The summed E-state index contributed by atoms with van der Waals surface area (Å²) in [5.41, 5.74) is 14.1. The molecule has 0 spiro atoms. The molecule has 2 heterocycles. The Balaban J connectivity index is 1.10. The normalized spacial score (nSPS) is 13.3. The number of benzene rings is 8. The highest BCUT2D eigenvalue weighted by Gasteiger charge is 2.39. The second-order valence-electron chi connectivity index (χ2n) is 14.5. The summed E-state index contributed by atoms with van der Waals surface area (Å²) in [6.07, 6.45) is 0. The summed E-state index contributed by atoms with van der Waals surface area (Å²) >= 11 is 0. The van der Waals surface area contributed by atoms with Crippen LogP contribution in [0.25, 0.3) is 76.9 Å². The molecule has 1 aliphatic carbocycles. The zero-order chi connectivity index (χ0) is 34.6. The Labute approximate surface area is 301 Å². The Morgan fingerprint density at radius 1 is 0.462 bits per heavy atom. The maximum atomic E-state index is 6.65. The van der Waals surface area contributed by atoms with E-state index in [1.165, 1.54) is 54.9 Å². The van der Waals surface area contributed by atoms with Crippen LogP contribution in [0.1, 0.15) is 25.0 Å². The van der Waals surface area contributed by atoms with Crippen molar-refractivity contribution in [1.82, 2.24) is 0 Å². The minimum atomic E-state index is -0.260. The van der Waals surface area contributed by atoms with E-state index in [4.69, 9.17) is 8.83 Å². The lowest BCUT2D eigenvalue weighted by molar-refractivity contribution is 0.657. The molecule has 1 aliphatic rings. The third-order valence-electron chi connectivity index (χ3n) is 11.2. The highest BCUT2D eigenvalue weighted by atomic mass is 16.3. The fourth-order valence-corrected chi connectivity index (χ4v) is 8.76. The van der Waals surface area contributed by atoms with Crippen molar-refractivity contribution in [2.75, 3.05) is 4.90 Å². The van der Waals surface area contributed by atoms with Crippen molar-refractivity contribution in [2.45, 2.75) is 19.3 Å². The number of fused-ring (bicyclic) bond motifs is 11. The Morgan fingerprint density at radius 2 is 1.13 bits per heavy atom. The molecule has 10 aromatic rings. The lowest BCUT2D eigenvalue weighted by Crippen LogP contribution is -2.17. The van der Waals surface area contributed by atoms with Crippen molar-refractivity contribution < 1.29 is 8.83 Å². The molecule has 0 amide bonds. The quantitative estimate of drug-likeness (QED) is 0.187. The zero-order valence-electron chi connectivity index (χ0n) is 28.9. The van der Waals surface area contributed by atoms with Gasteiger partial charge in [0, 0.05) is 38.3 Å². The van der Waals surface area contributed by atoms with E-state index in [1.807, 2.05) is 12.1 Å². The molecule has 0 saturated carbocycles. The van der Waals surface area contributed by atoms with Crippen molar-refractivity contribution in [1.29, 1.82) is 0 Å². The van der Waals surface area contributed by atoms with Gasteiger partial charge in [-0.1, -0.05) is 123 Å². The molecule has 3 nitrogen and oxygen atoms in total. The van der Waals surface area contributed by atoms with Gasteiger partial charge in [0.1, 0.15) is 16.7 Å². The molecule has 52 heavy (non-hydrogen) atoms. The number of hydrogen-bond acceptors (Lipinski definition) is 3. The molecule has 11 rings (SSSR count). The molecule has 0 N–H and O–H groups in total. The predicted octanol–water partition coefficient (Wildman–Crippen LogP) is 14.1. The van der Waals surface area contributed by atoms with E-state index in [0.717, 1.165) is 50.2 Å². The molecule has 0 saturated heterocycles. The largest absolute Gasteiger partial charge is 0.456 e. The second-order valence-corrected chi connectivity index (χ2v) is 14.5. The van der Waals surface area contributed by atoms with Gasteiger partial charge in [0.25, 0.3) is 0 Å². The van der Waals surface area contributed by atoms with Crippen LogP contribution in [0.4, 0.5) is 17.1 Å². The number of para-hydroxylation sites is 3. The molecular weight excluding hydrogens is 635 g/mol. The Hall–Kier alpha value is -6.58. The van der Waals surface area contributed by atoms with Crippen LogP contribution < -0.4 is 4.90 Å². The van der Waals surface area contributed by atoms with E-state index in [-0.39, 0.29) is 5.41 Å². The summed E-state index contributed by atoms with van der Waals surface area (Å²) < 4.78 is 13.0. The number of furan rings is 2. The molecule has 3 heteroatoms. The Kier molecular flexibility index (Phi) is 6.01. The standard InChI is InChI=1S/C49H33NO2/c1-49(2)41-29-35(24-25-36(41)38-26-27-45-46(47(38)49)40-13-6-8-17-44(40)51-45)50(42-15-9-14-39-37-12-5-7-16-43(37)52-48(39)42)34-22-20-31(21-23-34)33-19-18-30-10-3-4-11-32(30)28-33/h3-29H,1-2H3. The van der Waals surface area contributed by atoms with Crippen LogP contribution >= 0.6 is 0 Å². The average Bonchev–Trinajstić information content (AvgIpc) is 3.83. The van der Waals surface area contributed by atoms with Gasteiger partial charge in [-0.3, -0.25) is 0 Å². The van der Waals surface area contributed by atoms with Gasteiger partial charge in [0.15, 0.2) is 5.58 Å². The van der Waals surface area contributed by atoms with E-state index in [2.05, 4.69) is 170 Å². The van der Waals surface area contributed by atoms with Crippen molar-refractivity contribution in [3.05, 3.63) is 175 Å². The molecule has 246 valence electrons. The van der Waals surface area contributed by atoms with Crippen molar-refractivity contribution in [3.8, 4) is 22.3 Å². The van der Waals surface area contributed by atoms with Crippen LogP contribution in [0.15, 0.2) is 173 Å². The van der Waals surface area contributed by atoms with Crippen LogP contribution in [-0.2, 0) is 5.41 Å². The summed E-state index contributed by atoms with van der Waals surface area (Å²) in [5, 5.41) is 7.09. The van der Waals surface area contributed by atoms with E-state index in [0.29, 0.717) is 0 Å². The molecule has 0 atom stereocenters.